The normalized spacial score (nSPS) is 25.6. The third-order valence-electron chi connectivity index (χ3n) is 3.85. The molecule has 2 rings (SSSR count). The SMILES string of the molecule is Cc1nn(C)c(CC(NN)C2(C)CCCS2)c1Cl. The van der Waals surface area contributed by atoms with E-state index in [2.05, 4.69) is 17.4 Å². The smallest absolute Gasteiger partial charge is 0.0847 e. The molecule has 2 heterocycles. The van der Waals surface area contributed by atoms with E-state index in [1.807, 2.05) is 30.4 Å². The minimum atomic E-state index is 0.191. The van der Waals surface area contributed by atoms with Crippen LogP contribution >= 0.6 is 23.4 Å². The Morgan fingerprint density at radius 1 is 1.67 bits per heavy atom. The number of thioether (sulfide) groups is 1. The van der Waals surface area contributed by atoms with E-state index in [1.165, 1.54) is 18.6 Å². The lowest BCUT2D eigenvalue weighted by molar-refractivity contribution is 0.398. The molecule has 1 aromatic heterocycles. The van der Waals surface area contributed by atoms with Crippen molar-refractivity contribution in [2.45, 2.75) is 43.9 Å². The first-order valence-corrected chi connectivity index (χ1v) is 7.62. The average Bonchev–Trinajstić information content (AvgIpc) is 2.85. The molecule has 2 unspecified atom stereocenters. The molecule has 4 nitrogen and oxygen atoms in total. The molecule has 102 valence electrons. The standard InChI is InChI=1S/C12H21ClN4S/c1-8-11(13)9(17(3)16-8)7-10(15-14)12(2)5-4-6-18-12/h10,15H,4-7,14H2,1-3H3. The van der Waals surface area contributed by atoms with Crippen LogP contribution < -0.4 is 11.3 Å². The highest BCUT2D eigenvalue weighted by Gasteiger charge is 2.38. The molecule has 1 aliphatic rings. The van der Waals surface area contributed by atoms with Crippen LogP contribution in [0.15, 0.2) is 0 Å². The van der Waals surface area contributed by atoms with Crippen molar-refractivity contribution in [3.63, 3.8) is 0 Å². The quantitative estimate of drug-likeness (QED) is 0.658. The van der Waals surface area contributed by atoms with Gasteiger partial charge in [-0.05, 0) is 32.4 Å². The Hall–Kier alpha value is -0.230. The van der Waals surface area contributed by atoms with Crippen LogP contribution in [0.25, 0.3) is 0 Å². The van der Waals surface area contributed by atoms with Crippen molar-refractivity contribution in [3.8, 4) is 0 Å². The first kappa shape index (κ1) is 14.2. The Bertz CT molecular complexity index is 426. The zero-order valence-electron chi connectivity index (χ0n) is 11.2. The number of hydrogen-bond donors (Lipinski definition) is 2. The Kier molecular flexibility index (Phi) is 4.26. The number of aromatic nitrogens is 2. The largest absolute Gasteiger partial charge is 0.271 e. The van der Waals surface area contributed by atoms with Gasteiger partial charge in [0.15, 0.2) is 0 Å². The van der Waals surface area contributed by atoms with E-state index in [9.17, 15) is 0 Å². The molecule has 0 saturated carbocycles. The fourth-order valence-electron chi connectivity index (χ4n) is 2.62. The molecule has 0 radical (unpaired) electrons. The highest BCUT2D eigenvalue weighted by Crippen LogP contribution is 2.41. The first-order valence-electron chi connectivity index (χ1n) is 6.26. The molecular weight excluding hydrogens is 268 g/mol. The lowest BCUT2D eigenvalue weighted by atomic mass is 9.93. The Morgan fingerprint density at radius 2 is 2.39 bits per heavy atom. The van der Waals surface area contributed by atoms with E-state index in [0.717, 1.165) is 22.8 Å². The van der Waals surface area contributed by atoms with Gasteiger partial charge in [-0.2, -0.15) is 16.9 Å². The van der Waals surface area contributed by atoms with Crippen LogP contribution in [0.4, 0.5) is 0 Å². The van der Waals surface area contributed by atoms with Gasteiger partial charge in [-0.25, -0.2) is 0 Å². The number of aryl methyl sites for hydroxylation is 2. The molecule has 1 aliphatic heterocycles. The second-order valence-electron chi connectivity index (χ2n) is 5.16. The fourth-order valence-corrected chi connectivity index (χ4v) is 4.26. The number of rotatable bonds is 4. The van der Waals surface area contributed by atoms with E-state index in [1.54, 1.807) is 0 Å². The molecule has 1 saturated heterocycles. The van der Waals surface area contributed by atoms with Crippen LogP contribution in [0.2, 0.25) is 5.02 Å². The number of hydrazine groups is 1. The second-order valence-corrected chi connectivity index (χ2v) is 7.17. The number of halogens is 1. The third-order valence-corrected chi connectivity index (χ3v) is 5.98. The van der Waals surface area contributed by atoms with Crippen LogP contribution in [0.1, 0.15) is 31.2 Å². The zero-order chi connectivity index (χ0) is 13.3. The Morgan fingerprint density at radius 3 is 2.83 bits per heavy atom. The van der Waals surface area contributed by atoms with Crippen molar-refractivity contribution in [3.05, 3.63) is 16.4 Å². The van der Waals surface area contributed by atoms with Gasteiger partial charge < -0.3 is 0 Å². The molecule has 0 spiro atoms. The molecular formula is C12H21ClN4S. The molecule has 6 heteroatoms. The predicted molar refractivity (Wildman–Crippen MR) is 77.9 cm³/mol. The van der Waals surface area contributed by atoms with Gasteiger partial charge in [0.25, 0.3) is 0 Å². The minimum Gasteiger partial charge on any atom is -0.271 e. The zero-order valence-corrected chi connectivity index (χ0v) is 12.7. The number of nitrogens with two attached hydrogens (primary N) is 1. The molecule has 0 aromatic carbocycles. The van der Waals surface area contributed by atoms with E-state index in [4.69, 9.17) is 17.4 Å². The van der Waals surface area contributed by atoms with Crippen LogP contribution in [0.3, 0.4) is 0 Å². The summed E-state index contributed by atoms with van der Waals surface area (Å²) in [5.41, 5.74) is 4.92. The lowest BCUT2D eigenvalue weighted by Gasteiger charge is -2.32. The summed E-state index contributed by atoms with van der Waals surface area (Å²) in [5, 5.41) is 5.12. The van der Waals surface area contributed by atoms with Gasteiger partial charge in [0.05, 0.1) is 16.4 Å². The molecule has 1 aromatic rings. The van der Waals surface area contributed by atoms with Gasteiger partial charge in [-0.3, -0.25) is 16.0 Å². The minimum absolute atomic E-state index is 0.191. The van der Waals surface area contributed by atoms with Crippen LogP contribution in [-0.2, 0) is 13.5 Å². The lowest BCUT2D eigenvalue weighted by Crippen LogP contribution is -2.50. The molecule has 1 fully saturated rings. The Labute approximate surface area is 118 Å². The molecule has 3 N–H and O–H groups in total. The molecule has 2 atom stereocenters. The van der Waals surface area contributed by atoms with Crippen molar-refractivity contribution in [1.29, 1.82) is 0 Å². The molecule has 0 amide bonds. The summed E-state index contributed by atoms with van der Waals surface area (Å²) >= 11 is 8.31. The molecule has 18 heavy (non-hydrogen) atoms. The maximum atomic E-state index is 6.31. The first-order chi connectivity index (χ1) is 8.48. The number of hydrogen-bond acceptors (Lipinski definition) is 4. The van der Waals surface area contributed by atoms with E-state index in [0.29, 0.717) is 0 Å². The van der Waals surface area contributed by atoms with Crippen molar-refractivity contribution in [2.24, 2.45) is 12.9 Å². The highest BCUT2D eigenvalue weighted by molar-refractivity contribution is 8.00. The Balaban J connectivity index is 2.20. The summed E-state index contributed by atoms with van der Waals surface area (Å²) < 4.78 is 2.06. The van der Waals surface area contributed by atoms with Crippen molar-refractivity contribution >= 4 is 23.4 Å². The van der Waals surface area contributed by atoms with Crippen LogP contribution in [0, 0.1) is 6.92 Å². The van der Waals surface area contributed by atoms with Gasteiger partial charge >= 0.3 is 0 Å². The third kappa shape index (κ3) is 2.54. The van der Waals surface area contributed by atoms with Gasteiger partial charge in [0.1, 0.15) is 0 Å². The van der Waals surface area contributed by atoms with Crippen LogP contribution in [0.5, 0.6) is 0 Å². The van der Waals surface area contributed by atoms with Crippen molar-refractivity contribution in [1.82, 2.24) is 15.2 Å². The summed E-state index contributed by atoms with van der Waals surface area (Å²) in [4.78, 5) is 0. The van der Waals surface area contributed by atoms with E-state index < -0.39 is 0 Å². The second kappa shape index (κ2) is 5.41. The molecule has 0 bridgehead atoms. The molecule has 0 aliphatic carbocycles. The van der Waals surface area contributed by atoms with Gasteiger partial charge in [-0.1, -0.05) is 11.6 Å². The van der Waals surface area contributed by atoms with Crippen molar-refractivity contribution in [2.75, 3.05) is 5.75 Å². The van der Waals surface area contributed by atoms with Gasteiger partial charge in [-0.15, -0.1) is 0 Å². The summed E-state index contributed by atoms with van der Waals surface area (Å²) in [6, 6.07) is 0.220. The predicted octanol–water partition coefficient (Wildman–Crippen LogP) is 2.04. The topological polar surface area (TPSA) is 55.9 Å². The van der Waals surface area contributed by atoms with Gasteiger partial charge in [0, 0.05) is 24.3 Å². The van der Waals surface area contributed by atoms with Crippen LogP contribution in [-0.4, -0.2) is 26.3 Å². The number of nitrogens with zero attached hydrogens (tertiary/aromatic N) is 2. The fraction of sp³-hybridized carbons (Fsp3) is 0.750. The summed E-state index contributed by atoms with van der Waals surface area (Å²) in [5.74, 6) is 6.97. The van der Waals surface area contributed by atoms with Crippen molar-refractivity contribution < 1.29 is 0 Å². The van der Waals surface area contributed by atoms with Gasteiger partial charge in [0.2, 0.25) is 0 Å². The summed E-state index contributed by atoms with van der Waals surface area (Å²) in [7, 11) is 1.94. The number of nitrogens with one attached hydrogen (secondary N) is 1. The highest BCUT2D eigenvalue weighted by atomic mass is 35.5. The average molecular weight is 289 g/mol. The van der Waals surface area contributed by atoms with E-state index >= 15 is 0 Å². The maximum absolute atomic E-state index is 6.31. The maximum Gasteiger partial charge on any atom is 0.0847 e. The summed E-state index contributed by atoms with van der Waals surface area (Å²) in [6.45, 7) is 4.22. The summed E-state index contributed by atoms with van der Waals surface area (Å²) in [6.07, 6.45) is 3.27. The van der Waals surface area contributed by atoms with E-state index in [-0.39, 0.29) is 10.8 Å². The monoisotopic (exact) mass is 288 g/mol.